The normalized spacial score (nSPS) is 22.9. The van der Waals surface area contributed by atoms with Crippen LogP contribution >= 0.6 is 15.9 Å². The SMILES string of the molecule is CC(C)(C)C1CCC(C(=O)Nc2ccc(Br)c(F)c2)CC1. The molecule has 1 N–H and O–H groups in total. The van der Waals surface area contributed by atoms with E-state index in [-0.39, 0.29) is 17.6 Å². The molecule has 0 radical (unpaired) electrons. The number of anilines is 1. The number of hydrogen-bond acceptors (Lipinski definition) is 1. The molecule has 1 fully saturated rings. The van der Waals surface area contributed by atoms with Crippen LogP contribution in [-0.4, -0.2) is 5.91 Å². The van der Waals surface area contributed by atoms with Crippen molar-refractivity contribution in [1.82, 2.24) is 0 Å². The number of nitrogens with one attached hydrogen (secondary N) is 1. The Balaban J connectivity index is 1.92. The second kappa shape index (κ2) is 6.47. The van der Waals surface area contributed by atoms with Gasteiger partial charge in [-0.25, -0.2) is 4.39 Å². The number of hydrogen-bond donors (Lipinski definition) is 1. The number of carbonyl (C=O) groups is 1. The van der Waals surface area contributed by atoms with E-state index in [1.54, 1.807) is 12.1 Å². The van der Waals surface area contributed by atoms with Crippen molar-refractivity contribution in [3.63, 3.8) is 0 Å². The van der Waals surface area contributed by atoms with E-state index in [0.29, 0.717) is 21.5 Å². The van der Waals surface area contributed by atoms with E-state index in [1.165, 1.54) is 6.07 Å². The zero-order chi connectivity index (χ0) is 15.6. The van der Waals surface area contributed by atoms with Crippen LogP contribution in [0.4, 0.5) is 10.1 Å². The van der Waals surface area contributed by atoms with Gasteiger partial charge in [0.1, 0.15) is 5.82 Å². The van der Waals surface area contributed by atoms with E-state index in [2.05, 4.69) is 42.0 Å². The first-order valence-electron chi connectivity index (χ1n) is 7.53. The maximum absolute atomic E-state index is 13.5. The maximum atomic E-state index is 13.5. The van der Waals surface area contributed by atoms with Gasteiger partial charge in [0.2, 0.25) is 5.91 Å². The summed E-state index contributed by atoms with van der Waals surface area (Å²) >= 11 is 3.11. The molecule has 0 aliphatic heterocycles. The highest BCUT2D eigenvalue weighted by atomic mass is 79.9. The molecule has 1 aliphatic rings. The van der Waals surface area contributed by atoms with Crippen molar-refractivity contribution < 1.29 is 9.18 Å². The quantitative estimate of drug-likeness (QED) is 0.757. The van der Waals surface area contributed by atoms with Gasteiger partial charge in [-0.15, -0.1) is 0 Å². The number of halogens is 2. The van der Waals surface area contributed by atoms with Crippen LogP contribution in [0.3, 0.4) is 0 Å². The molecule has 21 heavy (non-hydrogen) atoms. The van der Waals surface area contributed by atoms with E-state index in [1.807, 2.05) is 0 Å². The summed E-state index contributed by atoms with van der Waals surface area (Å²) < 4.78 is 13.9. The predicted octanol–water partition coefficient (Wildman–Crippen LogP) is 5.38. The van der Waals surface area contributed by atoms with Crippen LogP contribution in [-0.2, 0) is 4.79 Å². The summed E-state index contributed by atoms with van der Waals surface area (Å²) in [5.41, 5.74) is 0.842. The summed E-state index contributed by atoms with van der Waals surface area (Å²) in [7, 11) is 0. The minimum absolute atomic E-state index is 0.0177. The van der Waals surface area contributed by atoms with Crippen molar-refractivity contribution in [2.45, 2.75) is 46.5 Å². The van der Waals surface area contributed by atoms with Gasteiger partial charge in [0, 0.05) is 11.6 Å². The van der Waals surface area contributed by atoms with Gasteiger partial charge in [0.25, 0.3) is 0 Å². The molecule has 0 heterocycles. The Morgan fingerprint density at radius 3 is 2.38 bits per heavy atom. The molecule has 0 aromatic heterocycles. The molecular weight excluding hydrogens is 333 g/mol. The highest BCUT2D eigenvalue weighted by Crippen LogP contribution is 2.40. The van der Waals surface area contributed by atoms with Crippen LogP contribution < -0.4 is 5.32 Å². The fourth-order valence-electron chi connectivity index (χ4n) is 3.04. The van der Waals surface area contributed by atoms with Gasteiger partial charge in [-0.3, -0.25) is 4.79 Å². The molecule has 4 heteroatoms. The molecule has 1 aliphatic carbocycles. The lowest BCUT2D eigenvalue weighted by molar-refractivity contribution is -0.121. The largest absolute Gasteiger partial charge is 0.326 e. The molecule has 116 valence electrons. The molecule has 0 saturated heterocycles. The Kier molecular flexibility index (Phi) is 5.07. The third kappa shape index (κ3) is 4.29. The molecule has 1 aromatic rings. The summed E-state index contributed by atoms with van der Waals surface area (Å²) in [5.74, 6) is 0.398. The molecule has 1 saturated carbocycles. The highest BCUT2D eigenvalue weighted by molar-refractivity contribution is 9.10. The van der Waals surface area contributed by atoms with Crippen molar-refractivity contribution >= 4 is 27.5 Å². The summed E-state index contributed by atoms with van der Waals surface area (Å²) in [5, 5.41) is 2.83. The molecule has 2 rings (SSSR count). The summed E-state index contributed by atoms with van der Waals surface area (Å²) in [6, 6.07) is 4.68. The first-order chi connectivity index (χ1) is 9.77. The topological polar surface area (TPSA) is 29.1 Å². The lowest BCUT2D eigenvalue weighted by atomic mass is 9.69. The molecule has 0 spiro atoms. The summed E-state index contributed by atoms with van der Waals surface area (Å²) in [6.07, 6.45) is 4.03. The first-order valence-corrected chi connectivity index (χ1v) is 8.32. The number of rotatable bonds is 2. The fraction of sp³-hybridized carbons (Fsp3) is 0.588. The Labute approximate surface area is 134 Å². The summed E-state index contributed by atoms with van der Waals surface area (Å²) in [6.45, 7) is 6.80. The molecule has 1 amide bonds. The molecule has 2 nitrogen and oxygen atoms in total. The fourth-order valence-corrected chi connectivity index (χ4v) is 3.29. The second-order valence-electron chi connectivity index (χ2n) is 7.03. The average Bonchev–Trinajstić information content (AvgIpc) is 2.42. The zero-order valence-corrected chi connectivity index (χ0v) is 14.5. The Hall–Kier alpha value is -0.900. The van der Waals surface area contributed by atoms with E-state index in [4.69, 9.17) is 0 Å². The van der Waals surface area contributed by atoms with E-state index >= 15 is 0 Å². The number of carbonyl (C=O) groups excluding carboxylic acids is 1. The van der Waals surface area contributed by atoms with Gasteiger partial charge in [-0.2, -0.15) is 0 Å². The van der Waals surface area contributed by atoms with Crippen LogP contribution in [0.25, 0.3) is 0 Å². The van der Waals surface area contributed by atoms with Crippen molar-refractivity contribution in [2.24, 2.45) is 17.3 Å². The number of benzene rings is 1. The minimum Gasteiger partial charge on any atom is -0.326 e. The van der Waals surface area contributed by atoms with Crippen molar-refractivity contribution in [1.29, 1.82) is 0 Å². The van der Waals surface area contributed by atoms with Gasteiger partial charge in [0.15, 0.2) is 0 Å². The zero-order valence-electron chi connectivity index (χ0n) is 12.9. The van der Waals surface area contributed by atoms with Crippen molar-refractivity contribution in [2.75, 3.05) is 5.32 Å². The Morgan fingerprint density at radius 1 is 1.24 bits per heavy atom. The third-order valence-corrected chi connectivity index (χ3v) is 5.15. The van der Waals surface area contributed by atoms with Crippen molar-refractivity contribution in [3.8, 4) is 0 Å². The van der Waals surface area contributed by atoms with Crippen molar-refractivity contribution in [3.05, 3.63) is 28.5 Å². The van der Waals surface area contributed by atoms with Gasteiger partial charge < -0.3 is 5.32 Å². The second-order valence-corrected chi connectivity index (χ2v) is 7.89. The average molecular weight is 356 g/mol. The molecule has 0 bridgehead atoms. The minimum atomic E-state index is -0.357. The van der Waals surface area contributed by atoms with Crippen LogP contribution in [0.1, 0.15) is 46.5 Å². The molecule has 0 unspecified atom stereocenters. The standard InChI is InChI=1S/C17H23BrFNO/c1-17(2,3)12-6-4-11(5-7-12)16(21)20-13-8-9-14(18)15(19)10-13/h8-12H,4-7H2,1-3H3,(H,20,21). The van der Waals surface area contributed by atoms with Crippen LogP contribution in [0, 0.1) is 23.1 Å². The third-order valence-electron chi connectivity index (χ3n) is 4.51. The van der Waals surface area contributed by atoms with Crippen LogP contribution in [0.2, 0.25) is 0 Å². The Bertz CT molecular complexity index is 516. The highest BCUT2D eigenvalue weighted by Gasteiger charge is 2.32. The van der Waals surface area contributed by atoms with Crippen LogP contribution in [0.5, 0.6) is 0 Å². The Morgan fingerprint density at radius 2 is 1.86 bits per heavy atom. The van der Waals surface area contributed by atoms with Gasteiger partial charge in [0.05, 0.1) is 4.47 Å². The van der Waals surface area contributed by atoms with Gasteiger partial charge >= 0.3 is 0 Å². The lowest BCUT2D eigenvalue weighted by Gasteiger charge is -2.36. The van der Waals surface area contributed by atoms with Gasteiger partial charge in [-0.05, 0) is 71.1 Å². The van der Waals surface area contributed by atoms with E-state index in [0.717, 1.165) is 25.7 Å². The van der Waals surface area contributed by atoms with Crippen LogP contribution in [0.15, 0.2) is 22.7 Å². The molecule has 1 aromatic carbocycles. The number of amides is 1. The monoisotopic (exact) mass is 355 g/mol. The molecule has 0 atom stereocenters. The lowest BCUT2D eigenvalue weighted by Crippen LogP contribution is -2.31. The maximum Gasteiger partial charge on any atom is 0.227 e. The van der Waals surface area contributed by atoms with Gasteiger partial charge in [-0.1, -0.05) is 20.8 Å². The molecular formula is C17H23BrFNO. The summed E-state index contributed by atoms with van der Waals surface area (Å²) in [4.78, 5) is 12.3. The van der Waals surface area contributed by atoms with E-state index < -0.39 is 0 Å². The first kappa shape index (κ1) is 16.5. The smallest absolute Gasteiger partial charge is 0.227 e. The predicted molar refractivity (Wildman–Crippen MR) is 87.6 cm³/mol. The van der Waals surface area contributed by atoms with E-state index in [9.17, 15) is 9.18 Å².